The molecule has 0 radical (unpaired) electrons. The summed E-state index contributed by atoms with van der Waals surface area (Å²) < 4.78 is 7.31. The van der Waals surface area contributed by atoms with Crippen LogP contribution in [0.4, 0.5) is 5.69 Å². The molecule has 0 aliphatic carbocycles. The largest absolute Gasteiger partial charge is 0.379 e. The highest BCUT2D eigenvalue weighted by Crippen LogP contribution is 2.30. The smallest absolute Gasteiger partial charge is 0.231 e. The molecule has 2 heterocycles. The van der Waals surface area contributed by atoms with Gasteiger partial charge in [0.05, 0.1) is 29.3 Å². The standard InChI is InChI=1S/C13H15N3O2S2/c1-19-13-16-10-3-2-7(4-11(10)20-13)15-12(17)8-5-18-6-9(8)14/h2-4,8-9H,5-6,14H2,1H3,(H,15,17). The van der Waals surface area contributed by atoms with Crippen molar-refractivity contribution in [3.63, 3.8) is 0 Å². The van der Waals surface area contributed by atoms with E-state index in [1.165, 1.54) is 0 Å². The minimum absolute atomic E-state index is 0.0797. The lowest BCUT2D eigenvalue weighted by molar-refractivity contribution is -0.120. The van der Waals surface area contributed by atoms with E-state index in [1.54, 1.807) is 23.1 Å². The molecule has 3 N–H and O–H groups in total. The molecule has 0 saturated carbocycles. The lowest BCUT2D eigenvalue weighted by Crippen LogP contribution is -2.37. The summed E-state index contributed by atoms with van der Waals surface area (Å²) in [5, 5.41) is 2.91. The van der Waals surface area contributed by atoms with Crippen LogP contribution in [0.1, 0.15) is 0 Å². The molecule has 1 aliphatic heterocycles. The van der Waals surface area contributed by atoms with Gasteiger partial charge < -0.3 is 15.8 Å². The van der Waals surface area contributed by atoms with Crippen molar-refractivity contribution in [2.75, 3.05) is 24.8 Å². The Kier molecular flexibility index (Phi) is 3.93. The number of nitrogens with one attached hydrogen (secondary N) is 1. The van der Waals surface area contributed by atoms with Crippen molar-refractivity contribution in [1.29, 1.82) is 0 Å². The lowest BCUT2D eigenvalue weighted by Gasteiger charge is -2.13. The molecule has 1 aromatic heterocycles. The first kappa shape index (κ1) is 13.8. The molecular weight excluding hydrogens is 294 g/mol. The molecule has 1 aromatic carbocycles. The highest BCUT2D eigenvalue weighted by Gasteiger charge is 2.31. The van der Waals surface area contributed by atoms with Crippen LogP contribution in [-0.2, 0) is 9.53 Å². The van der Waals surface area contributed by atoms with Crippen LogP contribution in [0.25, 0.3) is 10.2 Å². The number of benzene rings is 1. The van der Waals surface area contributed by atoms with E-state index in [0.717, 1.165) is 20.2 Å². The normalized spacial score (nSPS) is 22.3. The summed E-state index contributed by atoms with van der Waals surface area (Å²) >= 11 is 3.24. The molecule has 2 unspecified atom stereocenters. The second-order valence-electron chi connectivity index (χ2n) is 4.66. The van der Waals surface area contributed by atoms with Gasteiger partial charge in [0.15, 0.2) is 4.34 Å². The molecule has 20 heavy (non-hydrogen) atoms. The number of hydrogen-bond donors (Lipinski definition) is 2. The number of carbonyl (C=O) groups is 1. The zero-order valence-electron chi connectivity index (χ0n) is 11.0. The van der Waals surface area contributed by atoms with Gasteiger partial charge in [-0.3, -0.25) is 4.79 Å². The Hall–Kier alpha value is -1.15. The number of aromatic nitrogens is 1. The Morgan fingerprint density at radius 2 is 2.40 bits per heavy atom. The Bertz CT molecular complexity index is 644. The van der Waals surface area contributed by atoms with Gasteiger partial charge in [-0.15, -0.1) is 11.3 Å². The summed E-state index contributed by atoms with van der Waals surface area (Å²) in [6.45, 7) is 0.843. The predicted octanol–water partition coefficient (Wildman–Crippen LogP) is 1.93. The van der Waals surface area contributed by atoms with Gasteiger partial charge in [-0.1, -0.05) is 11.8 Å². The van der Waals surface area contributed by atoms with Gasteiger partial charge in [0.1, 0.15) is 0 Å². The molecule has 2 aromatic rings. The van der Waals surface area contributed by atoms with Gasteiger partial charge >= 0.3 is 0 Å². The number of hydrogen-bond acceptors (Lipinski definition) is 6. The number of nitrogens with zero attached hydrogens (tertiary/aromatic N) is 1. The zero-order valence-corrected chi connectivity index (χ0v) is 12.6. The Morgan fingerprint density at radius 3 is 3.10 bits per heavy atom. The van der Waals surface area contributed by atoms with Crippen LogP contribution in [0.15, 0.2) is 22.5 Å². The molecule has 2 atom stereocenters. The van der Waals surface area contributed by atoms with Crippen molar-refractivity contribution in [2.24, 2.45) is 11.7 Å². The average Bonchev–Trinajstić information content (AvgIpc) is 3.03. The first-order valence-electron chi connectivity index (χ1n) is 6.26. The van der Waals surface area contributed by atoms with Crippen LogP contribution in [0.3, 0.4) is 0 Å². The molecule has 7 heteroatoms. The van der Waals surface area contributed by atoms with E-state index in [0.29, 0.717) is 13.2 Å². The number of nitrogens with two attached hydrogens (primary N) is 1. The van der Waals surface area contributed by atoms with E-state index in [2.05, 4.69) is 10.3 Å². The second kappa shape index (κ2) is 5.69. The van der Waals surface area contributed by atoms with Crippen molar-refractivity contribution in [1.82, 2.24) is 4.98 Å². The van der Waals surface area contributed by atoms with E-state index in [9.17, 15) is 4.79 Å². The molecular formula is C13H15N3O2S2. The molecule has 0 spiro atoms. The number of amides is 1. The van der Waals surface area contributed by atoms with E-state index >= 15 is 0 Å². The fourth-order valence-corrected chi connectivity index (χ4v) is 3.67. The molecule has 1 saturated heterocycles. The zero-order chi connectivity index (χ0) is 14.1. The van der Waals surface area contributed by atoms with E-state index in [-0.39, 0.29) is 17.9 Å². The number of thiazole rings is 1. The number of fused-ring (bicyclic) bond motifs is 1. The van der Waals surface area contributed by atoms with E-state index < -0.39 is 0 Å². The second-order valence-corrected chi connectivity index (χ2v) is 6.75. The highest BCUT2D eigenvalue weighted by molar-refractivity contribution is 8.00. The topological polar surface area (TPSA) is 77.2 Å². The van der Waals surface area contributed by atoms with Crippen molar-refractivity contribution >= 4 is 44.9 Å². The highest BCUT2D eigenvalue weighted by atomic mass is 32.2. The van der Waals surface area contributed by atoms with Crippen LogP contribution in [0.5, 0.6) is 0 Å². The van der Waals surface area contributed by atoms with Gasteiger partial charge in [-0.2, -0.15) is 0 Å². The van der Waals surface area contributed by atoms with Crippen molar-refractivity contribution in [3.8, 4) is 0 Å². The maximum atomic E-state index is 12.1. The molecule has 1 amide bonds. The predicted molar refractivity (Wildman–Crippen MR) is 82.3 cm³/mol. The van der Waals surface area contributed by atoms with Gasteiger partial charge in [-0.05, 0) is 24.5 Å². The molecule has 5 nitrogen and oxygen atoms in total. The van der Waals surface area contributed by atoms with Crippen molar-refractivity contribution in [2.45, 2.75) is 10.4 Å². The fourth-order valence-electron chi connectivity index (χ4n) is 2.14. The number of rotatable bonds is 3. The summed E-state index contributed by atoms with van der Waals surface area (Å²) in [6, 6.07) is 5.52. The third-order valence-electron chi connectivity index (χ3n) is 3.27. The lowest BCUT2D eigenvalue weighted by atomic mass is 10.0. The number of anilines is 1. The van der Waals surface area contributed by atoms with Crippen LogP contribution in [0.2, 0.25) is 0 Å². The van der Waals surface area contributed by atoms with Crippen molar-refractivity contribution in [3.05, 3.63) is 18.2 Å². The first-order valence-corrected chi connectivity index (χ1v) is 8.30. The van der Waals surface area contributed by atoms with Gasteiger partial charge in [0.2, 0.25) is 5.91 Å². The number of ether oxygens (including phenoxy) is 1. The van der Waals surface area contributed by atoms with Gasteiger partial charge in [0, 0.05) is 11.7 Å². The number of thioether (sulfide) groups is 1. The Balaban J connectivity index is 1.78. The third-order valence-corrected chi connectivity index (χ3v) is 5.28. The fraction of sp³-hybridized carbons (Fsp3) is 0.385. The molecule has 1 aliphatic rings. The van der Waals surface area contributed by atoms with Gasteiger partial charge in [-0.25, -0.2) is 4.98 Å². The minimum atomic E-state index is -0.270. The molecule has 1 fully saturated rings. The minimum Gasteiger partial charge on any atom is -0.379 e. The van der Waals surface area contributed by atoms with Gasteiger partial charge in [0.25, 0.3) is 0 Å². The summed E-state index contributed by atoms with van der Waals surface area (Å²) in [5.41, 5.74) is 7.58. The SMILES string of the molecule is CSc1nc2ccc(NC(=O)C3COCC3N)cc2s1. The Morgan fingerprint density at radius 1 is 1.55 bits per heavy atom. The van der Waals surface area contributed by atoms with Crippen LogP contribution in [-0.4, -0.2) is 36.4 Å². The van der Waals surface area contributed by atoms with E-state index in [4.69, 9.17) is 10.5 Å². The third kappa shape index (κ3) is 2.67. The maximum Gasteiger partial charge on any atom is 0.231 e. The number of carbonyl (C=O) groups excluding carboxylic acids is 1. The summed E-state index contributed by atoms with van der Waals surface area (Å²) in [7, 11) is 0. The maximum absolute atomic E-state index is 12.1. The molecule has 0 bridgehead atoms. The van der Waals surface area contributed by atoms with Crippen molar-refractivity contribution < 1.29 is 9.53 Å². The van der Waals surface area contributed by atoms with Crippen LogP contribution < -0.4 is 11.1 Å². The van der Waals surface area contributed by atoms with Crippen LogP contribution >= 0.6 is 23.1 Å². The Labute approximate surface area is 124 Å². The molecule has 3 rings (SSSR count). The summed E-state index contributed by atoms with van der Waals surface area (Å²) in [6.07, 6.45) is 2.00. The molecule has 106 valence electrons. The first-order chi connectivity index (χ1) is 9.67. The summed E-state index contributed by atoms with van der Waals surface area (Å²) in [5.74, 6) is -0.349. The average molecular weight is 309 g/mol. The summed E-state index contributed by atoms with van der Waals surface area (Å²) in [4.78, 5) is 16.6. The van der Waals surface area contributed by atoms with Crippen LogP contribution in [0, 0.1) is 5.92 Å². The monoisotopic (exact) mass is 309 g/mol. The quantitative estimate of drug-likeness (QED) is 0.847. The van der Waals surface area contributed by atoms with E-state index in [1.807, 2.05) is 24.5 Å².